The second-order valence-electron chi connectivity index (χ2n) is 6.63. The largest absolute Gasteiger partial charge is 0.330 e. The van der Waals surface area contributed by atoms with E-state index in [1.54, 1.807) is 12.1 Å². The van der Waals surface area contributed by atoms with Crippen LogP contribution < -0.4 is 10.6 Å². The van der Waals surface area contributed by atoms with E-state index in [-0.39, 0.29) is 22.9 Å². The van der Waals surface area contributed by atoms with E-state index in [0.29, 0.717) is 10.7 Å². The molecule has 6 nitrogen and oxygen atoms in total. The van der Waals surface area contributed by atoms with Crippen molar-refractivity contribution >= 4 is 33.2 Å². The maximum absolute atomic E-state index is 12.5. The van der Waals surface area contributed by atoms with Gasteiger partial charge >= 0.3 is 0 Å². The van der Waals surface area contributed by atoms with Gasteiger partial charge < -0.3 is 10.6 Å². The molecule has 27 heavy (non-hydrogen) atoms. The highest BCUT2D eigenvalue weighted by atomic mass is 35.5. The molecule has 2 atom stereocenters. The van der Waals surface area contributed by atoms with Gasteiger partial charge in [-0.05, 0) is 44.2 Å². The van der Waals surface area contributed by atoms with Gasteiger partial charge in [-0.15, -0.1) is 0 Å². The lowest BCUT2D eigenvalue weighted by Gasteiger charge is -2.17. The first kappa shape index (κ1) is 21.4. The molecule has 0 aromatic heterocycles. The molecule has 0 unspecified atom stereocenters. The SMILES string of the molecule is C[C@@H]([NH2+][C@H](C)c1ccc(Cl)cc1)C(=O)Nc1cccc(S(=O)(=O)N(C)C)c1. The quantitative estimate of drug-likeness (QED) is 0.734. The minimum Gasteiger partial charge on any atom is -0.330 e. The van der Waals surface area contributed by atoms with Crippen molar-refractivity contribution < 1.29 is 18.5 Å². The molecule has 0 aliphatic heterocycles. The van der Waals surface area contributed by atoms with E-state index in [9.17, 15) is 13.2 Å². The summed E-state index contributed by atoms with van der Waals surface area (Å²) in [6.07, 6.45) is 0. The molecule has 2 aromatic carbocycles. The summed E-state index contributed by atoms with van der Waals surface area (Å²) >= 11 is 5.91. The number of nitrogens with zero attached hydrogens (tertiary/aromatic N) is 1. The molecule has 0 spiro atoms. The van der Waals surface area contributed by atoms with Crippen molar-refractivity contribution in [2.24, 2.45) is 0 Å². The van der Waals surface area contributed by atoms with Gasteiger partial charge in [0.05, 0.1) is 4.90 Å². The normalized spacial score (nSPS) is 14.0. The molecule has 0 fully saturated rings. The fraction of sp³-hybridized carbons (Fsp3) is 0.316. The molecule has 0 aliphatic carbocycles. The van der Waals surface area contributed by atoms with Gasteiger partial charge in [-0.3, -0.25) is 4.79 Å². The molecule has 3 N–H and O–H groups in total. The molecular weight excluding hydrogens is 386 g/mol. The predicted octanol–water partition coefficient (Wildman–Crippen LogP) is 2.24. The van der Waals surface area contributed by atoms with E-state index in [0.717, 1.165) is 9.87 Å². The van der Waals surface area contributed by atoms with Crippen LogP contribution in [-0.4, -0.2) is 38.8 Å². The van der Waals surface area contributed by atoms with Crippen LogP contribution in [0.1, 0.15) is 25.5 Å². The average molecular weight is 411 g/mol. The topological polar surface area (TPSA) is 83.1 Å². The van der Waals surface area contributed by atoms with Crippen molar-refractivity contribution in [2.75, 3.05) is 19.4 Å². The van der Waals surface area contributed by atoms with Crippen molar-refractivity contribution in [3.05, 3.63) is 59.1 Å². The highest BCUT2D eigenvalue weighted by Crippen LogP contribution is 2.18. The van der Waals surface area contributed by atoms with E-state index in [2.05, 4.69) is 5.32 Å². The predicted molar refractivity (Wildman–Crippen MR) is 107 cm³/mol. The van der Waals surface area contributed by atoms with Crippen LogP contribution >= 0.6 is 11.6 Å². The first-order valence-corrected chi connectivity index (χ1v) is 10.4. The van der Waals surface area contributed by atoms with Crippen LogP contribution in [0.3, 0.4) is 0 Å². The number of anilines is 1. The Kier molecular flexibility index (Phi) is 7.00. The summed E-state index contributed by atoms with van der Waals surface area (Å²) in [5, 5.41) is 5.40. The van der Waals surface area contributed by atoms with Crippen molar-refractivity contribution in [1.82, 2.24) is 4.31 Å². The molecule has 0 aliphatic rings. The maximum Gasteiger partial charge on any atom is 0.282 e. The van der Waals surface area contributed by atoms with E-state index in [1.165, 1.54) is 26.2 Å². The number of carbonyl (C=O) groups is 1. The summed E-state index contributed by atoms with van der Waals surface area (Å²) in [7, 11) is -0.615. The molecule has 8 heteroatoms. The Morgan fingerprint density at radius 2 is 1.74 bits per heavy atom. The second kappa shape index (κ2) is 8.84. The zero-order valence-electron chi connectivity index (χ0n) is 15.8. The van der Waals surface area contributed by atoms with Crippen molar-refractivity contribution in [2.45, 2.75) is 30.8 Å². The number of benzene rings is 2. The Labute approximate surface area is 165 Å². The highest BCUT2D eigenvalue weighted by Gasteiger charge is 2.22. The lowest BCUT2D eigenvalue weighted by Crippen LogP contribution is -2.91. The monoisotopic (exact) mass is 410 g/mol. The number of hydrogen-bond donors (Lipinski definition) is 2. The first-order valence-electron chi connectivity index (χ1n) is 8.55. The molecule has 0 bridgehead atoms. The smallest absolute Gasteiger partial charge is 0.282 e. The molecule has 0 radical (unpaired) electrons. The third-order valence-corrected chi connectivity index (χ3v) is 6.33. The lowest BCUT2D eigenvalue weighted by atomic mass is 10.1. The van der Waals surface area contributed by atoms with Gasteiger partial charge in [-0.2, -0.15) is 0 Å². The third kappa shape index (κ3) is 5.52. The Hall–Kier alpha value is -1.93. The molecule has 0 heterocycles. The molecule has 1 amide bonds. The third-order valence-electron chi connectivity index (χ3n) is 4.27. The summed E-state index contributed by atoms with van der Waals surface area (Å²) in [4.78, 5) is 12.6. The Morgan fingerprint density at radius 3 is 2.33 bits per heavy atom. The van der Waals surface area contributed by atoms with Crippen LogP contribution in [0.25, 0.3) is 0 Å². The summed E-state index contributed by atoms with van der Waals surface area (Å²) in [6, 6.07) is 13.5. The Bertz CT molecular complexity index is 899. The number of nitrogens with one attached hydrogen (secondary N) is 1. The van der Waals surface area contributed by atoms with E-state index in [1.807, 2.05) is 43.4 Å². The summed E-state index contributed by atoms with van der Waals surface area (Å²) < 4.78 is 25.6. The molecule has 2 rings (SSSR count). The van der Waals surface area contributed by atoms with E-state index >= 15 is 0 Å². The number of sulfonamides is 1. The number of amides is 1. The Balaban J connectivity index is 2.05. The van der Waals surface area contributed by atoms with Crippen LogP contribution in [0.4, 0.5) is 5.69 Å². The number of halogens is 1. The number of hydrogen-bond acceptors (Lipinski definition) is 3. The Morgan fingerprint density at radius 1 is 1.11 bits per heavy atom. The maximum atomic E-state index is 12.5. The summed E-state index contributed by atoms with van der Waals surface area (Å²) in [6.45, 7) is 3.82. The van der Waals surface area contributed by atoms with Gasteiger partial charge in [0.15, 0.2) is 6.04 Å². The van der Waals surface area contributed by atoms with Gasteiger partial charge in [-0.25, -0.2) is 12.7 Å². The van der Waals surface area contributed by atoms with Crippen LogP contribution in [0, 0.1) is 0 Å². The zero-order chi connectivity index (χ0) is 20.2. The number of rotatable bonds is 7. The van der Waals surface area contributed by atoms with Gasteiger partial charge in [0.2, 0.25) is 10.0 Å². The summed E-state index contributed by atoms with van der Waals surface area (Å²) in [5.74, 6) is -0.199. The summed E-state index contributed by atoms with van der Waals surface area (Å²) in [5.41, 5.74) is 1.51. The zero-order valence-corrected chi connectivity index (χ0v) is 17.4. The van der Waals surface area contributed by atoms with Crippen LogP contribution in [0.15, 0.2) is 53.4 Å². The van der Waals surface area contributed by atoms with Crippen molar-refractivity contribution in [3.63, 3.8) is 0 Å². The van der Waals surface area contributed by atoms with Gasteiger partial charge in [0, 0.05) is 30.4 Å². The standard InChI is InChI=1S/C19H24ClN3O3S/c1-13(15-8-10-16(20)11-9-15)21-14(2)19(24)22-17-6-5-7-18(12-17)27(25,26)23(3)4/h5-14,21H,1-4H3,(H,22,24)/p+1/t13-,14-/m1/s1. The van der Waals surface area contributed by atoms with Gasteiger partial charge in [-0.1, -0.05) is 29.8 Å². The number of quaternary nitrogens is 1. The number of carbonyl (C=O) groups excluding carboxylic acids is 1. The van der Waals surface area contributed by atoms with Crippen molar-refractivity contribution in [1.29, 1.82) is 0 Å². The fourth-order valence-electron chi connectivity index (χ4n) is 2.60. The van der Waals surface area contributed by atoms with Gasteiger partial charge in [0.25, 0.3) is 5.91 Å². The second-order valence-corrected chi connectivity index (χ2v) is 9.21. The van der Waals surface area contributed by atoms with Crippen LogP contribution in [0.5, 0.6) is 0 Å². The van der Waals surface area contributed by atoms with E-state index in [4.69, 9.17) is 11.6 Å². The fourth-order valence-corrected chi connectivity index (χ4v) is 3.67. The first-order chi connectivity index (χ1) is 12.6. The number of nitrogens with two attached hydrogens (primary N) is 1. The van der Waals surface area contributed by atoms with Crippen molar-refractivity contribution in [3.8, 4) is 0 Å². The molecule has 146 valence electrons. The average Bonchev–Trinajstić information content (AvgIpc) is 2.62. The highest BCUT2D eigenvalue weighted by molar-refractivity contribution is 7.89. The molecule has 0 saturated carbocycles. The minimum absolute atomic E-state index is 0.0727. The van der Waals surface area contributed by atoms with Crippen LogP contribution in [-0.2, 0) is 14.8 Å². The minimum atomic E-state index is -3.55. The molecule has 2 aromatic rings. The lowest BCUT2D eigenvalue weighted by molar-refractivity contribution is -0.709. The van der Waals surface area contributed by atoms with Gasteiger partial charge in [0.1, 0.15) is 6.04 Å². The van der Waals surface area contributed by atoms with Crippen LogP contribution in [0.2, 0.25) is 5.02 Å². The molecule has 0 saturated heterocycles. The van der Waals surface area contributed by atoms with E-state index < -0.39 is 10.0 Å². The molecular formula is C19H25ClN3O3S+.